The van der Waals surface area contributed by atoms with Crippen LogP contribution in [0.25, 0.3) is 6.08 Å². The van der Waals surface area contributed by atoms with E-state index < -0.39 is 0 Å². The van der Waals surface area contributed by atoms with Crippen LogP contribution in [0.1, 0.15) is 36.4 Å². The lowest BCUT2D eigenvalue weighted by Crippen LogP contribution is -2.19. The summed E-state index contributed by atoms with van der Waals surface area (Å²) in [7, 11) is 0. The summed E-state index contributed by atoms with van der Waals surface area (Å²) in [5.74, 6) is -0.0878. The van der Waals surface area contributed by atoms with Gasteiger partial charge in [0, 0.05) is 17.9 Å². The number of amides is 1. The Labute approximate surface area is 153 Å². The summed E-state index contributed by atoms with van der Waals surface area (Å²) >= 11 is 1.39. The fraction of sp³-hybridized carbons (Fsp3) is 0.300. The lowest BCUT2D eigenvalue weighted by atomic mass is 10.2. The van der Waals surface area contributed by atoms with Gasteiger partial charge < -0.3 is 9.88 Å². The van der Waals surface area contributed by atoms with Crippen molar-refractivity contribution in [2.45, 2.75) is 40.7 Å². The van der Waals surface area contributed by atoms with E-state index in [-0.39, 0.29) is 5.91 Å². The number of aryl methyl sites for hydroxylation is 2. The lowest BCUT2D eigenvalue weighted by Gasteiger charge is -2.04. The molecule has 1 amide bonds. The minimum Gasteiger partial charge on any atom is -0.349 e. The van der Waals surface area contributed by atoms with Crippen molar-refractivity contribution in [1.29, 1.82) is 0 Å². The number of thioether (sulfide) groups is 1. The minimum atomic E-state index is -0.0878. The van der Waals surface area contributed by atoms with Gasteiger partial charge in [0.15, 0.2) is 5.17 Å². The number of nitrogens with one attached hydrogen (secondary N) is 1. The molecule has 1 aliphatic heterocycles. The highest BCUT2D eigenvalue weighted by Crippen LogP contribution is 2.29. The Balaban J connectivity index is 1.83. The maximum Gasteiger partial charge on any atom is 0.264 e. The van der Waals surface area contributed by atoms with Gasteiger partial charge in [0.25, 0.3) is 5.91 Å². The first kappa shape index (κ1) is 17.5. The number of carbonyl (C=O) groups is 1. The summed E-state index contributed by atoms with van der Waals surface area (Å²) in [5, 5.41) is 3.48. The normalized spacial score (nSPS) is 17.5. The van der Waals surface area contributed by atoms with E-state index in [4.69, 9.17) is 0 Å². The van der Waals surface area contributed by atoms with E-state index in [0.29, 0.717) is 10.1 Å². The number of aliphatic imine (C=N–C) groups is 1. The van der Waals surface area contributed by atoms with Gasteiger partial charge in [-0.1, -0.05) is 19.1 Å². The zero-order valence-electron chi connectivity index (χ0n) is 15.1. The topological polar surface area (TPSA) is 46.4 Å². The lowest BCUT2D eigenvalue weighted by molar-refractivity contribution is -0.115. The number of carbonyl (C=O) groups excluding carboxylic acids is 1. The summed E-state index contributed by atoms with van der Waals surface area (Å²) in [6.07, 6.45) is 2.96. The second-order valence-corrected chi connectivity index (χ2v) is 7.10. The molecule has 0 bridgehead atoms. The van der Waals surface area contributed by atoms with E-state index in [1.807, 2.05) is 18.2 Å². The fourth-order valence-corrected chi connectivity index (χ4v) is 3.84. The van der Waals surface area contributed by atoms with E-state index in [9.17, 15) is 4.79 Å². The van der Waals surface area contributed by atoms with Crippen LogP contribution in [0.2, 0.25) is 0 Å². The zero-order valence-corrected chi connectivity index (χ0v) is 15.9. The van der Waals surface area contributed by atoms with Crippen molar-refractivity contribution in [2.75, 3.05) is 0 Å². The SMILES string of the molecule is CCc1ccc(N=C2NC(=O)C(=Cc3cc(C)n(CC)c3C)S2)cc1. The molecule has 1 saturated heterocycles. The summed E-state index contributed by atoms with van der Waals surface area (Å²) in [6.45, 7) is 9.36. The molecule has 0 saturated carbocycles. The molecule has 1 aromatic carbocycles. The molecule has 1 aromatic heterocycles. The third-order valence-corrected chi connectivity index (χ3v) is 5.35. The molecule has 0 radical (unpaired) electrons. The van der Waals surface area contributed by atoms with Crippen LogP contribution in [-0.2, 0) is 17.8 Å². The molecule has 2 aromatic rings. The van der Waals surface area contributed by atoms with E-state index in [1.54, 1.807) is 0 Å². The van der Waals surface area contributed by atoms with Gasteiger partial charge in [-0.3, -0.25) is 4.79 Å². The molecule has 3 rings (SSSR count). The van der Waals surface area contributed by atoms with Gasteiger partial charge in [0.05, 0.1) is 10.6 Å². The van der Waals surface area contributed by atoms with Gasteiger partial charge in [-0.25, -0.2) is 4.99 Å². The van der Waals surface area contributed by atoms with Crippen molar-refractivity contribution in [3.8, 4) is 0 Å². The standard InChI is InChI=1S/C20H23N3OS/c1-5-15-7-9-17(10-8-15)21-20-22-19(24)18(25-20)12-16-11-13(3)23(6-2)14(16)4/h7-12H,5-6H2,1-4H3,(H,21,22,24). The van der Waals surface area contributed by atoms with Crippen LogP contribution in [0.3, 0.4) is 0 Å². The van der Waals surface area contributed by atoms with Crippen molar-refractivity contribution in [3.63, 3.8) is 0 Å². The predicted molar refractivity (Wildman–Crippen MR) is 106 cm³/mol. The molecular formula is C20H23N3OS. The quantitative estimate of drug-likeness (QED) is 0.818. The van der Waals surface area contributed by atoms with Crippen LogP contribution in [0, 0.1) is 13.8 Å². The van der Waals surface area contributed by atoms with E-state index in [1.165, 1.54) is 28.7 Å². The molecule has 2 heterocycles. The molecule has 0 atom stereocenters. The summed E-state index contributed by atoms with van der Waals surface area (Å²) in [5.41, 5.74) is 5.61. The van der Waals surface area contributed by atoms with E-state index in [2.05, 4.69) is 60.8 Å². The van der Waals surface area contributed by atoms with Gasteiger partial charge >= 0.3 is 0 Å². The third-order valence-electron chi connectivity index (χ3n) is 4.44. The molecule has 25 heavy (non-hydrogen) atoms. The fourth-order valence-electron chi connectivity index (χ4n) is 3.01. The molecule has 0 unspecified atom stereocenters. The van der Waals surface area contributed by atoms with Crippen LogP contribution in [-0.4, -0.2) is 15.6 Å². The minimum absolute atomic E-state index is 0.0878. The monoisotopic (exact) mass is 353 g/mol. The first-order chi connectivity index (χ1) is 12.0. The first-order valence-electron chi connectivity index (χ1n) is 8.57. The number of hydrogen-bond donors (Lipinski definition) is 1. The number of amidine groups is 1. The Kier molecular flexibility index (Phi) is 5.13. The Hall–Kier alpha value is -2.27. The first-order valence-corrected chi connectivity index (χ1v) is 9.38. The average molecular weight is 353 g/mol. The smallest absolute Gasteiger partial charge is 0.264 e. The third kappa shape index (κ3) is 3.71. The summed E-state index contributed by atoms with van der Waals surface area (Å²) in [4.78, 5) is 17.5. The highest BCUT2D eigenvalue weighted by molar-refractivity contribution is 8.18. The van der Waals surface area contributed by atoms with Crippen LogP contribution >= 0.6 is 11.8 Å². The van der Waals surface area contributed by atoms with Gasteiger partial charge in [-0.05, 0) is 74.4 Å². The molecule has 130 valence electrons. The van der Waals surface area contributed by atoms with Crippen molar-refractivity contribution in [1.82, 2.24) is 9.88 Å². The van der Waals surface area contributed by atoms with E-state index in [0.717, 1.165) is 24.2 Å². The Bertz CT molecular complexity index is 860. The van der Waals surface area contributed by atoms with Crippen LogP contribution < -0.4 is 5.32 Å². The van der Waals surface area contributed by atoms with E-state index >= 15 is 0 Å². The number of nitrogens with zero attached hydrogens (tertiary/aromatic N) is 2. The number of aromatic nitrogens is 1. The molecule has 1 N–H and O–H groups in total. The van der Waals surface area contributed by atoms with Gasteiger partial charge in [0.1, 0.15) is 0 Å². The van der Waals surface area contributed by atoms with Crippen molar-refractivity contribution in [2.24, 2.45) is 4.99 Å². The van der Waals surface area contributed by atoms with Gasteiger partial charge in [0.2, 0.25) is 0 Å². The van der Waals surface area contributed by atoms with Crippen LogP contribution in [0.5, 0.6) is 0 Å². The Morgan fingerprint density at radius 2 is 1.92 bits per heavy atom. The summed E-state index contributed by atoms with van der Waals surface area (Å²) < 4.78 is 2.24. The number of benzene rings is 1. The molecular weight excluding hydrogens is 330 g/mol. The molecule has 0 aliphatic carbocycles. The maximum atomic E-state index is 12.3. The second-order valence-electron chi connectivity index (χ2n) is 6.07. The molecule has 4 nitrogen and oxygen atoms in total. The largest absolute Gasteiger partial charge is 0.349 e. The van der Waals surface area contributed by atoms with Crippen molar-refractivity contribution >= 4 is 34.6 Å². The Morgan fingerprint density at radius 1 is 1.20 bits per heavy atom. The maximum absolute atomic E-state index is 12.3. The van der Waals surface area contributed by atoms with Crippen LogP contribution in [0.4, 0.5) is 5.69 Å². The predicted octanol–water partition coefficient (Wildman–Crippen LogP) is 4.58. The van der Waals surface area contributed by atoms with Crippen molar-refractivity contribution < 1.29 is 4.79 Å². The zero-order chi connectivity index (χ0) is 18.0. The van der Waals surface area contributed by atoms with Crippen molar-refractivity contribution in [3.05, 3.63) is 57.8 Å². The molecule has 0 spiro atoms. The van der Waals surface area contributed by atoms with Gasteiger partial charge in [-0.15, -0.1) is 0 Å². The Morgan fingerprint density at radius 3 is 2.52 bits per heavy atom. The molecule has 5 heteroatoms. The molecule has 1 fully saturated rings. The van der Waals surface area contributed by atoms with Gasteiger partial charge in [-0.2, -0.15) is 0 Å². The number of rotatable bonds is 4. The molecule has 1 aliphatic rings. The summed E-state index contributed by atoms with van der Waals surface area (Å²) in [6, 6.07) is 10.2. The average Bonchev–Trinajstić information content (AvgIpc) is 3.07. The highest BCUT2D eigenvalue weighted by Gasteiger charge is 2.24. The number of hydrogen-bond acceptors (Lipinski definition) is 3. The highest BCUT2D eigenvalue weighted by atomic mass is 32.2. The van der Waals surface area contributed by atoms with Crippen LogP contribution in [0.15, 0.2) is 40.2 Å². The second kappa shape index (κ2) is 7.31.